The van der Waals surface area contributed by atoms with E-state index in [2.05, 4.69) is 5.32 Å². The number of carbonyl (C=O) groups is 1. The van der Waals surface area contributed by atoms with Gasteiger partial charge in [-0.2, -0.15) is 0 Å². The van der Waals surface area contributed by atoms with Crippen molar-refractivity contribution in [2.45, 2.75) is 32.2 Å². The zero-order chi connectivity index (χ0) is 8.20. The first-order valence-corrected chi connectivity index (χ1v) is 3.70. The molecule has 0 saturated heterocycles. The van der Waals surface area contributed by atoms with E-state index in [1.165, 1.54) is 0 Å². The van der Waals surface area contributed by atoms with E-state index < -0.39 is 5.54 Å². The van der Waals surface area contributed by atoms with Gasteiger partial charge in [-0.1, -0.05) is 13.8 Å². The molecule has 1 saturated carbocycles. The second-order valence-corrected chi connectivity index (χ2v) is 2.24. The molecule has 0 aromatic rings. The van der Waals surface area contributed by atoms with Crippen LogP contribution in [-0.4, -0.2) is 18.5 Å². The summed E-state index contributed by atoms with van der Waals surface area (Å²) in [6.45, 7) is 4.00. The maximum Gasteiger partial charge on any atom is 0.239 e. The molecule has 0 atom stereocenters. The van der Waals surface area contributed by atoms with Gasteiger partial charge in [-0.15, -0.1) is 0 Å². The number of likely N-dealkylation sites (N-methyl/N-ethyl adjacent to an activating group) is 1. The first-order chi connectivity index (χ1) is 4.69. The minimum Gasteiger partial charge on any atom is -0.358 e. The second kappa shape index (κ2) is 3.56. The number of rotatable bonds is 1. The number of hydrogen-bond donors (Lipinski definition) is 2. The predicted molar refractivity (Wildman–Crippen MR) is 41.6 cm³/mol. The van der Waals surface area contributed by atoms with E-state index in [9.17, 15) is 4.79 Å². The molecule has 1 aliphatic rings. The number of nitrogens with two attached hydrogens (primary N) is 1. The highest BCUT2D eigenvalue weighted by Crippen LogP contribution is 2.31. The average Bonchev–Trinajstić information content (AvgIpc) is 2.72. The van der Waals surface area contributed by atoms with Crippen LogP contribution in [0.3, 0.4) is 0 Å². The van der Waals surface area contributed by atoms with Gasteiger partial charge < -0.3 is 11.1 Å². The van der Waals surface area contributed by atoms with Gasteiger partial charge in [0.25, 0.3) is 0 Å². The zero-order valence-electron chi connectivity index (χ0n) is 6.90. The maximum atomic E-state index is 10.7. The summed E-state index contributed by atoms with van der Waals surface area (Å²) in [5.41, 5.74) is 5.00. The normalized spacial score (nSPS) is 18.4. The fourth-order valence-electron chi connectivity index (χ4n) is 0.611. The minimum atomic E-state index is -0.491. The summed E-state index contributed by atoms with van der Waals surface area (Å²) in [6, 6.07) is 0. The third kappa shape index (κ3) is 1.99. The smallest absolute Gasteiger partial charge is 0.239 e. The number of amides is 1. The van der Waals surface area contributed by atoms with Crippen molar-refractivity contribution < 1.29 is 4.79 Å². The molecular weight excluding hydrogens is 128 g/mol. The van der Waals surface area contributed by atoms with Crippen molar-refractivity contribution in [3.8, 4) is 0 Å². The summed E-state index contributed by atoms with van der Waals surface area (Å²) in [7, 11) is 1.61. The Morgan fingerprint density at radius 1 is 1.50 bits per heavy atom. The van der Waals surface area contributed by atoms with E-state index in [0.29, 0.717) is 0 Å². The lowest BCUT2D eigenvalue weighted by molar-refractivity contribution is -0.122. The molecule has 3 nitrogen and oxygen atoms in total. The van der Waals surface area contributed by atoms with Gasteiger partial charge in [-0.3, -0.25) is 4.79 Å². The third-order valence-electron chi connectivity index (χ3n) is 1.47. The Balaban J connectivity index is 0.000000371. The third-order valence-corrected chi connectivity index (χ3v) is 1.47. The average molecular weight is 144 g/mol. The Labute approximate surface area is 62.0 Å². The monoisotopic (exact) mass is 144 g/mol. The molecule has 10 heavy (non-hydrogen) atoms. The molecular formula is C7H16N2O. The van der Waals surface area contributed by atoms with Crippen LogP contribution in [0.2, 0.25) is 0 Å². The summed E-state index contributed by atoms with van der Waals surface area (Å²) in [5.74, 6) is -0.0301. The topological polar surface area (TPSA) is 55.1 Å². The van der Waals surface area contributed by atoms with Crippen LogP contribution in [0.5, 0.6) is 0 Å². The van der Waals surface area contributed by atoms with E-state index in [-0.39, 0.29) is 5.91 Å². The molecule has 1 rings (SSSR count). The lowest BCUT2D eigenvalue weighted by atomic mass is 10.3. The second-order valence-electron chi connectivity index (χ2n) is 2.24. The van der Waals surface area contributed by atoms with E-state index in [4.69, 9.17) is 5.73 Å². The molecule has 0 bridgehead atoms. The fourth-order valence-corrected chi connectivity index (χ4v) is 0.611. The molecule has 0 unspecified atom stereocenters. The minimum absolute atomic E-state index is 0.0301. The van der Waals surface area contributed by atoms with Gasteiger partial charge in [0.1, 0.15) is 0 Å². The van der Waals surface area contributed by atoms with Gasteiger partial charge in [0, 0.05) is 7.05 Å². The Kier molecular flexibility index (Phi) is 3.36. The van der Waals surface area contributed by atoms with Crippen molar-refractivity contribution in [2.24, 2.45) is 5.73 Å². The van der Waals surface area contributed by atoms with Gasteiger partial charge >= 0.3 is 0 Å². The van der Waals surface area contributed by atoms with Gasteiger partial charge in [-0.25, -0.2) is 0 Å². The molecule has 1 amide bonds. The largest absolute Gasteiger partial charge is 0.358 e. The van der Waals surface area contributed by atoms with Crippen LogP contribution in [0.25, 0.3) is 0 Å². The Hall–Kier alpha value is -0.570. The van der Waals surface area contributed by atoms with Gasteiger partial charge in [-0.05, 0) is 12.8 Å². The van der Waals surface area contributed by atoms with Crippen molar-refractivity contribution >= 4 is 5.91 Å². The molecule has 3 heteroatoms. The van der Waals surface area contributed by atoms with Crippen LogP contribution < -0.4 is 11.1 Å². The van der Waals surface area contributed by atoms with Crippen molar-refractivity contribution in [1.29, 1.82) is 0 Å². The highest BCUT2D eigenvalue weighted by molar-refractivity contribution is 5.88. The Bertz CT molecular complexity index is 119. The summed E-state index contributed by atoms with van der Waals surface area (Å²) >= 11 is 0. The maximum absolute atomic E-state index is 10.7. The predicted octanol–water partition coefficient (Wildman–Crippen LogP) is 0.250. The molecule has 0 spiro atoms. The van der Waals surface area contributed by atoms with Crippen molar-refractivity contribution in [2.75, 3.05) is 7.05 Å². The van der Waals surface area contributed by atoms with Gasteiger partial charge in [0.2, 0.25) is 5.91 Å². The fraction of sp³-hybridized carbons (Fsp3) is 0.857. The molecule has 1 aliphatic carbocycles. The van der Waals surface area contributed by atoms with Gasteiger partial charge in [0.05, 0.1) is 5.54 Å². The molecule has 60 valence electrons. The van der Waals surface area contributed by atoms with Crippen LogP contribution in [0.4, 0.5) is 0 Å². The summed E-state index contributed by atoms with van der Waals surface area (Å²) in [5, 5.41) is 2.50. The summed E-state index contributed by atoms with van der Waals surface area (Å²) in [6.07, 6.45) is 1.68. The quantitative estimate of drug-likeness (QED) is 0.554. The first-order valence-electron chi connectivity index (χ1n) is 3.70. The van der Waals surface area contributed by atoms with E-state index in [1.807, 2.05) is 13.8 Å². The van der Waals surface area contributed by atoms with Crippen LogP contribution in [-0.2, 0) is 4.79 Å². The van der Waals surface area contributed by atoms with E-state index in [0.717, 1.165) is 12.8 Å². The van der Waals surface area contributed by atoms with E-state index >= 15 is 0 Å². The Morgan fingerprint density at radius 3 is 2.00 bits per heavy atom. The Morgan fingerprint density at radius 2 is 1.90 bits per heavy atom. The van der Waals surface area contributed by atoms with Crippen LogP contribution in [0, 0.1) is 0 Å². The highest BCUT2D eigenvalue weighted by Gasteiger charge is 2.45. The summed E-state index contributed by atoms with van der Waals surface area (Å²) < 4.78 is 0. The van der Waals surface area contributed by atoms with Crippen LogP contribution in [0.15, 0.2) is 0 Å². The van der Waals surface area contributed by atoms with Crippen molar-refractivity contribution in [3.63, 3.8) is 0 Å². The van der Waals surface area contributed by atoms with E-state index in [1.54, 1.807) is 7.05 Å². The molecule has 3 N–H and O–H groups in total. The van der Waals surface area contributed by atoms with Crippen molar-refractivity contribution in [1.82, 2.24) is 5.32 Å². The molecule has 0 heterocycles. The van der Waals surface area contributed by atoms with Crippen LogP contribution >= 0.6 is 0 Å². The SMILES string of the molecule is CC.CNC(=O)C1(N)CC1. The van der Waals surface area contributed by atoms with Crippen LogP contribution in [0.1, 0.15) is 26.7 Å². The molecule has 0 radical (unpaired) electrons. The number of nitrogens with one attached hydrogen (secondary N) is 1. The molecule has 0 aromatic heterocycles. The lowest BCUT2D eigenvalue weighted by Crippen LogP contribution is -2.40. The lowest BCUT2D eigenvalue weighted by Gasteiger charge is -2.03. The zero-order valence-corrected chi connectivity index (χ0v) is 6.90. The number of hydrogen-bond acceptors (Lipinski definition) is 2. The standard InChI is InChI=1S/C5H10N2O.C2H6/c1-7-4(8)5(6)2-3-5;1-2/h2-3,6H2,1H3,(H,7,8);1-2H3. The molecule has 0 aliphatic heterocycles. The van der Waals surface area contributed by atoms with Crippen molar-refractivity contribution in [3.05, 3.63) is 0 Å². The van der Waals surface area contributed by atoms with Gasteiger partial charge in [0.15, 0.2) is 0 Å². The molecule has 0 aromatic carbocycles. The highest BCUT2D eigenvalue weighted by atomic mass is 16.2. The first kappa shape index (κ1) is 9.43. The number of carbonyl (C=O) groups excluding carboxylic acids is 1. The summed E-state index contributed by atoms with van der Waals surface area (Å²) in [4.78, 5) is 10.7. The molecule has 1 fully saturated rings.